The van der Waals surface area contributed by atoms with Crippen LogP contribution in [0.25, 0.3) is 0 Å². The van der Waals surface area contributed by atoms with Crippen molar-refractivity contribution < 1.29 is 9.53 Å². The molecule has 2 rings (SSSR count). The summed E-state index contributed by atoms with van der Waals surface area (Å²) in [4.78, 5) is 17.1. The minimum absolute atomic E-state index is 0.126. The second-order valence-electron chi connectivity index (χ2n) is 5.91. The number of para-hydroxylation sites is 1. The fourth-order valence-corrected chi connectivity index (χ4v) is 2.84. The highest BCUT2D eigenvalue weighted by Gasteiger charge is 2.28. The van der Waals surface area contributed by atoms with Gasteiger partial charge in [-0.1, -0.05) is 25.1 Å². The Morgan fingerprint density at radius 1 is 1.19 bits per heavy atom. The van der Waals surface area contributed by atoms with Crippen LogP contribution in [0.4, 0.5) is 0 Å². The summed E-state index contributed by atoms with van der Waals surface area (Å²) >= 11 is 0. The van der Waals surface area contributed by atoms with Crippen molar-refractivity contribution in [2.24, 2.45) is 0 Å². The van der Waals surface area contributed by atoms with Gasteiger partial charge in [-0.2, -0.15) is 0 Å². The summed E-state index contributed by atoms with van der Waals surface area (Å²) in [6.07, 6.45) is 0.785. The van der Waals surface area contributed by atoms with Gasteiger partial charge < -0.3 is 9.64 Å². The van der Waals surface area contributed by atoms with Crippen LogP contribution in [0.5, 0.6) is 5.75 Å². The van der Waals surface area contributed by atoms with E-state index in [1.54, 1.807) is 0 Å². The van der Waals surface area contributed by atoms with E-state index in [0.29, 0.717) is 0 Å². The van der Waals surface area contributed by atoms with Gasteiger partial charge >= 0.3 is 5.97 Å². The molecule has 0 bridgehead atoms. The molecule has 0 aliphatic carbocycles. The monoisotopic (exact) mass is 290 g/mol. The molecule has 1 heterocycles. The van der Waals surface area contributed by atoms with Crippen LogP contribution in [0.2, 0.25) is 0 Å². The van der Waals surface area contributed by atoms with Crippen molar-refractivity contribution in [1.82, 2.24) is 9.80 Å². The second-order valence-corrected chi connectivity index (χ2v) is 5.91. The van der Waals surface area contributed by atoms with Crippen molar-refractivity contribution in [2.75, 3.05) is 33.2 Å². The molecule has 1 saturated heterocycles. The maximum absolute atomic E-state index is 12.6. The predicted molar refractivity (Wildman–Crippen MR) is 84.7 cm³/mol. The van der Waals surface area contributed by atoms with Gasteiger partial charge in [0.05, 0.1) is 0 Å². The number of hydrogen-bond donors (Lipinski definition) is 0. The zero-order valence-corrected chi connectivity index (χ0v) is 13.6. The van der Waals surface area contributed by atoms with Crippen LogP contribution >= 0.6 is 0 Å². The van der Waals surface area contributed by atoms with E-state index in [0.717, 1.165) is 49.5 Å². The molecule has 0 saturated carbocycles. The second kappa shape index (κ2) is 7.05. The molecule has 0 N–H and O–H groups in total. The smallest absolute Gasteiger partial charge is 0.328 e. The third-order valence-electron chi connectivity index (χ3n) is 4.25. The van der Waals surface area contributed by atoms with Gasteiger partial charge in [0.1, 0.15) is 11.8 Å². The van der Waals surface area contributed by atoms with Crippen LogP contribution in [0, 0.1) is 13.8 Å². The van der Waals surface area contributed by atoms with E-state index in [4.69, 9.17) is 4.74 Å². The van der Waals surface area contributed by atoms with Crippen molar-refractivity contribution in [1.29, 1.82) is 0 Å². The topological polar surface area (TPSA) is 32.8 Å². The van der Waals surface area contributed by atoms with E-state index in [1.807, 2.05) is 32.0 Å². The molecule has 0 amide bonds. The molecule has 1 unspecified atom stereocenters. The van der Waals surface area contributed by atoms with E-state index in [1.165, 1.54) is 0 Å². The average molecular weight is 290 g/mol. The molecule has 21 heavy (non-hydrogen) atoms. The van der Waals surface area contributed by atoms with Crippen molar-refractivity contribution in [3.63, 3.8) is 0 Å². The minimum Gasteiger partial charge on any atom is -0.425 e. The van der Waals surface area contributed by atoms with Gasteiger partial charge in [0.15, 0.2) is 0 Å². The Bertz CT molecular complexity index is 473. The maximum Gasteiger partial charge on any atom is 0.328 e. The first-order valence-electron chi connectivity index (χ1n) is 7.73. The number of benzene rings is 1. The summed E-state index contributed by atoms with van der Waals surface area (Å²) in [6.45, 7) is 9.88. The highest BCUT2D eigenvalue weighted by molar-refractivity contribution is 5.78. The summed E-state index contributed by atoms with van der Waals surface area (Å²) in [7, 11) is 2.12. The Morgan fingerprint density at radius 2 is 1.76 bits per heavy atom. The number of aryl methyl sites for hydroxylation is 2. The predicted octanol–water partition coefficient (Wildman–Crippen LogP) is 2.23. The van der Waals surface area contributed by atoms with E-state index >= 15 is 0 Å². The molecular formula is C17H26N2O2. The fraction of sp³-hybridized carbons (Fsp3) is 0.588. The van der Waals surface area contributed by atoms with Crippen molar-refractivity contribution in [3.05, 3.63) is 29.3 Å². The van der Waals surface area contributed by atoms with E-state index in [2.05, 4.69) is 23.8 Å². The van der Waals surface area contributed by atoms with Crippen LogP contribution in [0.1, 0.15) is 24.5 Å². The summed E-state index contributed by atoms with van der Waals surface area (Å²) in [6, 6.07) is 5.80. The molecule has 1 aromatic carbocycles. The number of carbonyl (C=O) groups is 1. The molecule has 1 atom stereocenters. The van der Waals surface area contributed by atoms with Crippen LogP contribution in [-0.2, 0) is 4.79 Å². The molecule has 1 aromatic rings. The Balaban J connectivity index is 2.07. The Morgan fingerprint density at radius 3 is 2.29 bits per heavy atom. The summed E-state index contributed by atoms with van der Waals surface area (Å²) in [5.74, 6) is 0.592. The highest BCUT2D eigenvalue weighted by Crippen LogP contribution is 2.23. The van der Waals surface area contributed by atoms with Crippen molar-refractivity contribution in [3.8, 4) is 5.75 Å². The van der Waals surface area contributed by atoms with Gasteiger partial charge in [-0.05, 0) is 38.4 Å². The number of nitrogens with zero attached hydrogens (tertiary/aromatic N) is 2. The van der Waals surface area contributed by atoms with Gasteiger partial charge in [0.25, 0.3) is 0 Å². The highest BCUT2D eigenvalue weighted by atomic mass is 16.5. The average Bonchev–Trinajstić information content (AvgIpc) is 2.46. The number of esters is 1. The van der Waals surface area contributed by atoms with Crippen LogP contribution < -0.4 is 4.74 Å². The Kier molecular flexibility index (Phi) is 5.37. The number of carbonyl (C=O) groups excluding carboxylic acids is 1. The lowest BCUT2D eigenvalue weighted by atomic mass is 10.1. The van der Waals surface area contributed by atoms with E-state index < -0.39 is 0 Å². The fourth-order valence-electron chi connectivity index (χ4n) is 2.84. The number of rotatable bonds is 4. The van der Waals surface area contributed by atoms with E-state index in [9.17, 15) is 4.79 Å². The molecule has 4 nitrogen and oxygen atoms in total. The zero-order valence-electron chi connectivity index (χ0n) is 13.6. The normalized spacial score (nSPS) is 18.5. The molecule has 1 aliphatic heterocycles. The molecule has 0 aromatic heterocycles. The lowest BCUT2D eigenvalue weighted by molar-refractivity contribution is -0.141. The molecule has 1 fully saturated rings. The lowest BCUT2D eigenvalue weighted by Gasteiger charge is -2.36. The van der Waals surface area contributed by atoms with Gasteiger partial charge in [-0.3, -0.25) is 4.90 Å². The first kappa shape index (κ1) is 16.0. The molecule has 1 aliphatic rings. The molecule has 116 valence electrons. The summed E-state index contributed by atoms with van der Waals surface area (Å²) < 4.78 is 5.71. The maximum atomic E-state index is 12.6. The van der Waals surface area contributed by atoms with Gasteiger partial charge in [-0.25, -0.2) is 4.79 Å². The van der Waals surface area contributed by atoms with E-state index in [-0.39, 0.29) is 12.0 Å². The lowest BCUT2D eigenvalue weighted by Crippen LogP contribution is -2.52. The summed E-state index contributed by atoms with van der Waals surface area (Å²) in [5, 5.41) is 0. The molecule has 0 spiro atoms. The largest absolute Gasteiger partial charge is 0.425 e. The number of piperazine rings is 1. The quantitative estimate of drug-likeness (QED) is 0.629. The van der Waals surface area contributed by atoms with Crippen LogP contribution in [0.15, 0.2) is 18.2 Å². The first-order chi connectivity index (χ1) is 10.0. The van der Waals surface area contributed by atoms with Crippen molar-refractivity contribution >= 4 is 5.97 Å². The standard InChI is InChI=1S/C17H26N2O2/c1-5-15(19-11-9-18(4)10-12-19)17(20)21-16-13(2)7-6-8-14(16)3/h6-8,15H,5,9-12H2,1-4H3. The number of ether oxygens (including phenoxy) is 1. The first-order valence-corrected chi connectivity index (χ1v) is 7.73. The molecule has 4 heteroatoms. The van der Waals surface area contributed by atoms with Crippen LogP contribution in [-0.4, -0.2) is 55.0 Å². The Labute approximate surface area is 127 Å². The van der Waals surface area contributed by atoms with Crippen molar-refractivity contribution in [2.45, 2.75) is 33.2 Å². The molecular weight excluding hydrogens is 264 g/mol. The third kappa shape index (κ3) is 3.83. The third-order valence-corrected chi connectivity index (χ3v) is 4.25. The molecule has 0 radical (unpaired) electrons. The number of hydrogen-bond acceptors (Lipinski definition) is 4. The zero-order chi connectivity index (χ0) is 15.4. The summed E-state index contributed by atoms with van der Waals surface area (Å²) in [5.41, 5.74) is 2.02. The SMILES string of the molecule is CCC(C(=O)Oc1c(C)cccc1C)N1CCN(C)CC1. The minimum atomic E-state index is -0.141. The van der Waals surface area contributed by atoms with Gasteiger partial charge in [0.2, 0.25) is 0 Å². The Hall–Kier alpha value is -1.39. The van der Waals surface area contributed by atoms with Gasteiger partial charge in [0, 0.05) is 26.2 Å². The van der Waals surface area contributed by atoms with Crippen LogP contribution in [0.3, 0.4) is 0 Å². The number of likely N-dealkylation sites (N-methyl/N-ethyl adjacent to an activating group) is 1. The van der Waals surface area contributed by atoms with Gasteiger partial charge in [-0.15, -0.1) is 0 Å².